The van der Waals surface area contributed by atoms with E-state index in [2.05, 4.69) is 16.2 Å². The number of amides is 1. The molecule has 0 bridgehead atoms. The lowest BCUT2D eigenvalue weighted by Gasteiger charge is -2.07. The average molecular weight is 209 g/mol. The van der Waals surface area contributed by atoms with Crippen molar-refractivity contribution in [1.82, 2.24) is 4.98 Å². The van der Waals surface area contributed by atoms with Gasteiger partial charge in [0.05, 0.1) is 12.1 Å². The fourth-order valence-electron chi connectivity index (χ4n) is 0.952. The van der Waals surface area contributed by atoms with E-state index in [-0.39, 0.29) is 17.5 Å². The van der Waals surface area contributed by atoms with E-state index < -0.39 is 0 Å². The van der Waals surface area contributed by atoms with Crippen LogP contribution in [0.1, 0.15) is 12.0 Å². The van der Waals surface area contributed by atoms with Crippen LogP contribution in [0.3, 0.4) is 0 Å². The fourth-order valence-corrected chi connectivity index (χ4v) is 1.20. The number of anilines is 1. The number of pyridine rings is 1. The molecule has 0 spiro atoms. The van der Waals surface area contributed by atoms with Gasteiger partial charge in [0.25, 0.3) is 0 Å². The largest absolute Gasteiger partial charge is 0.322 e. The Labute approximate surface area is 87.5 Å². The topological polar surface area (TPSA) is 42.0 Å². The molecule has 1 aromatic rings. The van der Waals surface area contributed by atoms with Gasteiger partial charge >= 0.3 is 0 Å². The van der Waals surface area contributed by atoms with Gasteiger partial charge in [-0.3, -0.25) is 4.79 Å². The number of hydrogen-bond acceptors (Lipinski definition) is 2. The van der Waals surface area contributed by atoms with Crippen LogP contribution in [0.4, 0.5) is 5.69 Å². The Morgan fingerprint density at radius 2 is 2.50 bits per heavy atom. The predicted molar refractivity (Wildman–Crippen MR) is 56.1 cm³/mol. The third-order valence-electron chi connectivity index (χ3n) is 1.64. The van der Waals surface area contributed by atoms with Crippen molar-refractivity contribution in [1.29, 1.82) is 0 Å². The minimum atomic E-state index is -0.259. The maximum atomic E-state index is 11.2. The first kappa shape index (κ1) is 10.6. The fraction of sp³-hybridized carbons (Fsp3) is 0.200. The summed E-state index contributed by atoms with van der Waals surface area (Å²) in [5.74, 6) is 1.99. The quantitative estimate of drug-likeness (QED) is 0.597. The third-order valence-corrected chi connectivity index (χ3v) is 1.93. The molecule has 1 aromatic heterocycles. The Morgan fingerprint density at radius 1 is 1.79 bits per heavy atom. The lowest BCUT2D eigenvalue weighted by Crippen LogP contribution is -2.11. The van der Waals surface area contributed by atoms with E-state index in [0.29, 0.717) is 5.69 Å². The molecule has 0 unspecified atom stereocenters. The maximum absolute atomic E-state index is 11.2. The zero-order chi connectivity index (χ0) is 10.6. The Bertz CT molecular complexity index is 375. The number of terminal acetylenes is 1. The number of aryl methyl sites for hydroxylation is 1. The van der Waals surface area contributed by atoms with Crippen LogP contribution in [0.25, 0.3) is 0 Å². The number of nitrogens with zero attached hydrogens (tertiary/aromatic N) is 1. The molecule has 3 nitrogen and oxygen atoms in total. The molecule has 1 rings (SSSR count). The molecular weight excluding hydrogens is 200 g/mol. The second-order valence-electron chi connectivity index (χ2n) is 2.72. The van der Waals surface area contributed by atoms with Crippen molar-refractivity contribution in [3.63, 3.8) is 0 Å². The van der Waals surface area contributed by atoms with E-state index >= 15 is 0 Å². The van der Waals surface area contributed by atoms with E-state index in [9.17, 15) is 4.79 Å². The zero-order valence-electron chi connectivity index (χ0n) is 7.67. The zero-order valence-corrected chi connectivity index (χ0v) is 8.43. The van der Waals surface area contributed by atoms with Crippen molar-refractivity contribution in [2.45, 2.75) is 13.3 Å². The van der Waals surface area contributed by atoms with E-state index in [1.807, 2.05) is 6.92 Å². The normalized spacial score (nSPS) is 9.21. The summed E-state index contributed by atoms with van der Waals surface area (Å²) >= 11 is 5.80. The van der Waals surface area contributed by atoms with Gasteiger partial charge in [-0.05, 0) is 18.6 Å². The minimum absolute atomic E-state index is 0.0324. The molecule has 1 amide bonds. The molecule has 0 fully saturated rings. The molecule has 0 radical (unpaired) electrons. The van der Waals surface area contributed by atoms with Crippen LogP contribution >= 0.6 is 11.6 Å². The molecular formula is C10H9ClN2O. The number of carbonyl (C=O) groups is 1. The highest BCUT2D eigenvalue weighted by Crippen LogP contribution is 2.22. The Morgan fingerprint density at radius 3 is 3.07 bits per heavy atom. The minimum Gasteiger partial charge on any atom is -0.322 e. The molecule has 72 valence electrons. The Hall–Kier alpha value is -1.53. The van der Waals surface area contributed by atoms with Gasteiger partial charge in [0, 0.05) is 6.20 Å². The van der Waals surface area contributed by atoms with Gasteiger partial charge in [-0.15, -0.1) is 6.42 Å². The van der Waals surface area contributed by atoms with Gasteiger partial charge in [-0.2, -0.15) is 0 Å². The smallest absolute Gasteiger partial charge is 0.236 e. The summed E-state index contributed by atoms with van der Waals surface area (Å²) < 4.78 is 0. The summed E-state index contributed by atoms with van der Waals surface area (Å²) in [7, 11) is 0. The molecule has 1 N–H and O–H groups in total. The number of hydrogen-bond donors (Lipinski definition) is 1. The van der Waals surface area contributed by atoms with E-state index in [1.165, 1.54) is 0 Å². The molecule has 0 atom stereocenters. The van der Waals surface area contributed by atoms with Gasteiger partial charge in [0.1, 0.15) is 0 Å². The average Bonchev–Trinajstić information content (AvgIpc) is 2.12. The van der Waals surface area contributed by atoms with Gasteiger partial charge < -0.3 is 5.32 Å². The van der Waals surface area contributed by atoms with Crippen LogP contribution in [-0.4, -0.2) is 10.9 Å². The number of halogens is 1. The summed E-state index contributed by atoms with van der Waals surface area (Å²) in [5, 5.41) is 2.88. The lowest BCUT2D eigenvalue weighted by molar-refractivity contribution is -0.115. The van der Waals surface area contributed by atoms with Gasteiger partial charge in [0.15, 0.2) is 5.15 Å². The molecule has 4 heteroatoms. The maximum Gasteiger partial charge on any atom is 0.236 e. The Balaban J connectivity index is 2.87. The first-order chi connectivity index (χ1) is 6.65. The molecule has 0 aliphatic rings. The van der Waals surface area contributed by atoms with Gasteiger partial charge in [-0.1, -0.05) is 17.5 Å². The SMILES string of the molecule is C#CCC(=O)Nc1c(C)ccnc1Cl. The molecule has 0 aliphatic carbocycles. The van der Waals surface area contributed by atoms with Crippen LogP contribution in [-0.2, 0) is 4.79 Å². The summed E-state index contributed by atoms with van der Waals surface area (Å²) in [5.41, 5.74) is 1.38. The first-order valence-corrected chi connectivity index (χ1v) is 4.37. The standard InChI is InChI=1S/C10H9ClN2O/c1-3-4-8(14)13-9-7(2)5-6-12-10(9)11/h1,5-6H,4H2,2H3,(H,13,14). The molecule has 1 heterocycles. The number of aromatic nitrogens is 1. The van der Waals surface area contributed by atoms with Crippen LogP contribution in [0.2, 0.25) is 5.15 Å². The first-order valence-electron chi connectivity index (χ1n) is 3.99. The van der Waals surface area contributed by atoms with Gasteiger partial charge in [-0.25, -0.2) is 4.98 Å². The molecule has 0 saturated carbocycles. The predicted octanol–water partition coefficient (Wildman–Crippen LogP) is 2.01. The molecule has 14 heavy (non-hydrogen) atoms. The second kappa shape index (κ2) is 4.64. The van der Waals surface area contributed by atoms with Crippen molar-refractivity contribution < 1.29 is 4.79 Å². The van der Waals surface area contributed by atoms with E-state index in [4.69, 9.17) is 18.0 Å². The van der Waals surface area contributed by atoms with Crippen molar-refractivity contribution in [2.24, 2.45) is 0 Å². The summed E-state index contributed by atoms with van der Waals surface area (Å²) in [4.78, 5) is 15.0. The number of rotatable bonds is 2. The number of carbonyl (C=O) groups excluding carboxylic acids is 1. The molecule has 0 aromatic carbocycles. The van der Waals surface area contributed by atoms with Crippen LogP contribution in [0, 0.1) is 19.3 Å². The van der Waals surface area contributed by atoms with Crippen LogP contribution in [0.15, 0.2) is 12.3 Å². The highest BCUT2D eigenvalue weighted by molar-refractivity contribution is 6.32. The summed E-state index contributed by atoms with van der Waals surface area (Å²) in [6.07, 6.45) is 6.61. The lowest BCUT2D eigenvalue weighted by atomic mass is 10.2. The highest BCUT2D eigenvalue weighted by Gasteiger charge is 2.07. The molecule has 0 saturated heterocycles. The van der Waals surface area contributed by atoms with Crippen molar-refractivity contribution in [3.05, 3.63) is 23.0 Å². The van der Waals surface area contributed by atoms with Crippen LogP contribution in [0.5, 0.6) is 0 Å². The van der Waals surface area contributed by atoms with Crippen molar-refractivity contribution in [3.8, 4) is 12.3 Å². The summed E-state index contributed by atoms with van der Waals surface area (Å²) in [6, 6.07) is 1.76. The van der Waals surface area contributed by atoms with Crippen molar-refractivity contribution >= 4 is 23.2 Å². The highest BCUT2D eigenvalue weighted by atomic mass is 35.5. The Kier molecular flexibility index (Phi) is 3.49. The summed E-state index contributed by atoms with van der Waals surface area (Å²) in [6.45, 7) is 1.83. The third kappa shape index (κ3) is 2.48. The number of nitrogens with one attached hydrogen (secondary N) is 1. The van der Waals surface area contributed by atoms with E-state index in [1.54, 1.807) is 12.3 Å². The van der Waals surface area contributed by atoms with E-state index in [0.717, 1.165) is 5.56 Å². The molecule has 0 aliphatic heterocycles. The van der Waals surface area contributed by atoms with Gasteiger partial charge in [0.2, 0.25) is 5.91 Å². The second-order valence-corrected chi connectivity index (χ2v) is 3.08. The van der Waals surface area contributed by atoms with Crippen molar-refractivity contribution in [2.75, 3.05) is 5.32 Å². The van der Waals surface area contributed by atoms with Crippen LogP contribution < -0.4 is 5.32 Å². The monoisotopic (exact) mass is 208 g/mol.